The van der Waals surface area contributed by atoms with Crippen LogP contribution in [0.3, 0.4) is 0 Å². The quantitative estimate of drug-likeness (QED) is 0.459. The predicted octanol–water partition coefficient (Wildman–Crippen LogP) is 1.90. The lowest BCUT2D eigenvalue weighted by Gasteiger charge is -2.22. The minimum absolute atomic E-state index is 0.131. The second-order valence-corrected chi connectivity index (χ2v) is 7.60. The van der Waals surface area contributed by atoms with Gasteiger partial charge in [-0.15, -0.1) is 0 Å². The van der Waals surface area contributed by atoms with E-state index in [1.54, 1.807) is 6.92 Å². The maximum atomic E-state index is 12.3. The monoisotopic (exact) mass is 317 g/mol. The topological polar surface area (TPSA) is 90.9 Å². The van der Waals surface area contributed by atoms with E-state index in [1.165, 1.54) is 0 Å². The van der Waals surface area contributed by atoms with Gasteiger partial charge in [0.25, 0.3) is 10.1 Å². The normalized spacial score (nSPS) is 14.5. The van der Waals surface area contributed by atoms with Gasteiger partial charge in [0, 0.05) is 6.04 Å². The molecular formula is C10H24NO6PS. The summed E-state index contributed by atoms with van der Waals surface area (Å²) >= 11 is 0. The lowest BCUT2D eigenvalue weighted by Crippen LogP contribution is -2.30. The Morgan fingerprint density at radius 3 is 2.00 bits per heavy atom. The van der Waals surface area contributed by atoms with E-state index in [1.807, 2.05) is 13.8 Å². The number of hydrogen-bond donors (Lipinski definition) is 1. The molecule has 0 radical (unpaired) electrons. The van der Waals surface area contributed by atoms with Gasteiger partial charge in [-0.1, -0.05) is 13.8 Å². The van der Waals surface area contributed by atoms with Crippen LogP contribution in [0, 0.1) is 0 Å². The van der Waals surface area contributed by atoms with Gasteiger partial charge in [0.05, 0.1) is 26.1 Å². The molecule has 0 aromatic carbocycles. The zero-order valence-electron chi connectivity index (χ0n) is 11.9. The van der Waals surface area contributed by atoms with Crippen molar-refractivity contribution in [3.8, 4) is 0 Å². The van der Waals surface area contributed by atoms with Crippen molar-refractivity contribution in [1.82, 2.24) is 5.09 Å². The molecule has 1 atom stereocenters. The molecule has 0 rings (SSSR count). The summed E-state index contributed by atoms with van der Waals surface area (Å²) in [5.41, 5.74) is 0. The van der Waals surface area contributed by atoms with E-state index < -0.39 is 23.9 Å². The van der Waals surface area contributed by atoms with Crippen LogP contribution in [0.25, 0.3) is 0 Å². The standard InChI is InChI=1S/C10H24NO6PS/c1-5-7-15-18(12,16-8-6-2)11-10(3)9-17-19(4,13)14/h10H,5-9H2,1-4H3,(H,11,12). The summed E-state index contributed by atoms with van der Waals surface area (Å²) in [5.74, 6) is 0. The SMILES string of the molecule is CCCOP(=O)(NC(C)COS(C)(=O)=O)OCCC. The van der Waals surface area contributed by atoms with Gasteiger partial charge in [0.1, 0.15) is 0 Å². The number of rotatable bonds is 11. The molecule has 0 fully saturated rings. The Hall–Kier alpha value is 0.0200. The van der Waals surface area contributed by atoms with Gasteiger partial charge in [-0.2, -0.15) is 8.42 Å². The molecular weight excluding hydrogens is 293 g/mol. The number of hydrogen-bond acceptors (Lipinski definition) is 6. The van der Waals surface area contributed by atoms with E-state index in [0.29, 0.717) is 26.1 Å². The number of nitrogens with one attached hydrogen (secondary N) is 1. The highest BCUT2D eigenvalue weighted by Crippen LogP contribution is 2.44. The Balaban J connectivity index is 4.40. The molecule has 0 saturated carbocycles. The van der Waals surface area contributed by atoms with Gasteiger partial charge in [0.2, 0.25) is 0 Å². The van der Waals surface area contributed by atoms with Crippen molar-refractivity contribution in [2.75, 3.05) is 26.1 Å². The molecule has 0 aromatic heterocycles. The van der Waals surface area contributed by atoms with Gasteiger partial charge >= 0.3 is 7.75 Å². The van der Waals surface area contributed by atoms with Crippen LogP contribution in [0.15, 0.2) is 0 Å². The van der Waals surface area contributed by atoms with E-state index >= 15 is 0 Å². The van der Waals surface area contributed by atoms with Crippen LogP contribution < -0.4 is 5.09 Å². The van der Waals surface area contributed by atoms with Gasteiger partial charge in [-0.3, -0.25) is 13.2 Å². The van der Waals surface area contributed by atoms with Crippen molar-refractivity contribution in [2.24, 2.45) is 0 Å². The minimum Gasteiger partial charge on any atom is -0.297 e. The lowest BCUT2D eigenvalue weighted by molar-refractivity contribution is 0.186. The van der Waals surface area contributed by atoms with Crippen molar-refractivity contribution in [2.45, 2.75) is 39.7 Å². The minimum atomic E-state index is -3.52. The largest absolute Gasteiger partial charge is 0.405 e. The van der Waals surface area contributed by atoms with Crippen LogP contribution in [0.5, 0.6) is 0 Å². The van der Waals surface area contributed by atoms with Gasteiger partial charge < -0.3 is 0 Å². The molecule has 0 saturated heterocycles. The van der Waals surface area contributed by atoms with Crippen molar-refractivity contribution >= 4 is 17.9 Å². The summed E-state index contributed by atoms with van der Waals surface area (Å²) in [5, 5.41) is 2.66. The Kier molecular flexibility index (Phi) is 9.06. The molecule has 1 N–H and O–H groups in total. The Morgan fingerprint density at radius 2 is 1.63 bits per heavy atom. The first-order valence-corrected chi connectivity index (χ1v) is 9.59. The highest BCUT2D eigenvalue weighted by Gasteiger charge is 2.26. The van der Waals surface area contributed by atoms with Crippen LogP contribution in [-0.2, 0) is 27.9 Å². The highest BCUT2D eigenvalue weighted by molar-refractivity contribution is 7.85. The lowest BCUT2D eigenvalue weighted by atomic mass is 10.4. The summed E-state index contributed by atoms with van der Waals surface area (Å²) in [6.07, 6.45) is 2.37. The molecule has 0 spiro atoms. The van der Waals surface area contributed by atoms with Crippen LogP contribution in [-0.4, -0.2) is 40.5 Å². The summed E-state index contributed by atoms with van der Waals surface area (Å²) in [4.78, 5) is 0. The van der Waals surface area contributed by atoms with E-state index in [2.05, 4.69) is 9.27 Å². The van der Waals surface area contributed by atoms with Crippen LogP contribution in [0.4, 0.5) is 0 Å². The fourth-order valence-electron chi connectivity index (χ4n) is 1.07. The zero-order chi connectivity index (χ0) is 14.9. The predicted molar refractivity (Wildman–Crippen MR) is 73.5 cm³/mol. The smallest absolute Gasteiger partial charge is 0.297 e. The molecule has 0 aliphatic rings. The maximum Gasteiger partial charge on any atom is 0.405 e. The molecule has 9 heteroatoms. The molecule has 19 heavy (non-hydrogen) atoms. The molecule has 0 bridgehead atoms. The molecule has 7 nitrogen and oxygen atoms in total. The van der Waals surface area contributed by atoms with Crippen molar-refractivity contribution < 1.29 is 26.2 Å². The summed E-state index contributed by atoms with van der Waals surface area (Å²) < 4.78 is 49.1. The third kappa shape index (κ3) is 10.5. The average Bonchev–Trinajstić information content (AvgIpc) is 2.31. The van der Waals surface area contributed by atoms with Crippen molar-refractivity contribution in [1.29, 1.82) is 0 Å². The van der Waals surface area contributed by atoms with E-state index in [4.69, 9.17) is 9.05 Å². The molecule has 1 unspecified atom stereocenters. The summed E-state index contributed by atoms with van der Waals surface area (Å²) in [6, 6.07) is -0.478. The highest BCUT2D eigenvalue weighted by atomic mass is 32.2. The Morgan fingerprint density at radius 1 is 1.16 bits per heavy atom. The van der Waals surface area contributed by atoms with E-state index in [0.717, 1.165) is 6.26 Å². The second-order valence-electron chi connectivity index (χ2n) is 4.18. The average molecular weight is 317 g/mol. The fraction of sp³-hybridized carbons (Fsp3) is 1.00. The molecule has 0 aliphatic heterocycles. The van der Waals surface area contributed by atoms with Gasteiger partial charge in [-0.25, -0.2) is 9.65 Å². The molecule has 0 aromatic rings. The molecule has 0 heterocycles. The van der Waals surface area contributed by atoms with E-state index in [9.17, 15) is 13.0 Å². The third-order valence-electron chi connectivity index (χ3n) is 1.84. The molecule has 0 aliphatic carbocycles. The fourth-order valence-corrected chi connectivity index (χ4v) is 3.20. The van der Waals surface area contributed by atoms with Crippen molar-refractivity contribution in [3.05, 3.63) is 0 Å². The Labute approximate surface area is 115 Å². The maximum absolute atomic E-state index is 12.3. The van der Waals surface area contributed by atoms with Gasteiger partial charge in [-0.05, 0) is 19.8 Å². The Bertz CT molecular complexity index is 373. The first-order chi connectivity index (χ1) is 8.72. The first-order valence-electron chi connectivity index (χ1n) is 6.23. The van der Waals surface area contributed by atoms with Crippen molar-refractivity contribution in [3.63, 3.8) is 0 Å². The first kappa shape index (κ1) is 19.0. The third-order valence-corrected chi connectivity index (χ3v) is 4.21. The molecule has 116 valence electrons. The van der Waals surface area contributed by atoms with Crippen LogP contribution in [0.2, 0.25) is 0 Å². The summed E-state index contributed by atoms with van der Waals surface area (Å²) in [7, 11) is -6.94. The summed E-state index contributed by atoms with van der Waals surface area (Å²) in [6.45, 7) is 5.89. The van der Waals surface area contributed by atoms with Crippen LogP contribution >= 0.6 is 7.75 Å². The molecule has 0 amide bonds. The van der Waals surface area contributed by atoms with Gasteiger partial charge in [0.15, 0.2) is 0 Å². The zero-order valence-corrected chi connectivity index (χ0v) is 13.6. The van der Waals surface area contributed by atoms with Crippen LogP contribution in [0.1, 0.15) is 33.6 Å². The second kappa shape index (κ2) is 9.05. The van der Waals surface area contributed by atoms with E-state index in [-0.39, 0.29) is 6.61 Å².